The third-order valence-electron chi connectivity index (χ3n) is 4.00. The van der Waals surface area contributed by atoms with Crippen molar-refractivity contribution in [2.75, 3.05) is 11.9 Å². The van der Waals surface area contributed by atoms with Crippen LogP contribution in [0.2, 0.25) is 0 Å². The highest BCUT2D eigenvalue weighted by molar-refractivity contribution is 7.80. The maximum Gasteiger partial charge on any atom is 0.180 e. The van der Waals surface area contributed by atoms with Crippen molar-refractivity contribution in [2.24, 2.45) is 5.92 Å². The van der Waals surface area contributed by atoms with Crippen molar-refractivity contribution in [2.45, 2.75) is 19.4 Å². The zero-order valence-corrected chi connectivity index (χ0v) is 15.0. The highest BCUT2D eigenvalue weighted by Gasteiger charge is 2.20. The number of thiophene rings is 1. The molecule has 0 atom stereocenters. The van der Waals surface area contributed by atoms with E-state index in [1.165, 1.54) is 24.2 Å². The lowest BCUT2D eigenvalue weighted by Crippen LogP contribution is -2.30. The molecular formula is C17H17N5OS2. The fraction of sp³-hybridized carbons (Fsp3) is 0.294. The summed E-state index contributed by atoms with van der Waals surface area (Å²) in [5.41, 5.74) is 2.96. The topological polar surface area (TPSA) is 83.0 Å². The van der Waals surface area contributed by atoms with Crippen LogP contribution in [0.5, 0.6) is 0 Å². The first-order valence-corrected chi connectivity index (χ1v) is 9.37. The lowest BCUT2D eigenvalue weighted by molar-refractivity contribution is 0.285. The summed E-state index contributed by atoms with van der Waals surface area (Å²) >= 11 is 6.80. The van der Waals surface area contributed by atoms with Gasteiger partial charge in [-0.2, -0.15) is 0 Å². The molecule has 1 fully saturated rings. The van der Waals surface area contributed by atoms with E-state index >= 15 is 0 Å². The summed E-state index contributed by atoms with van der Waals surface area (Å²) < 4.78 is 0. The number of nitrogens with one attached hydrogen (secondary N) is 2. The van der Waals surface area contributed by atoms with E-state index in [1.807, 2.05) is 23.6 Å². The van der Waals surface area contributed by atoms with Crippen LogP contribution >= 0.6 is 23.6 Å². The first-order valence-electron chi connectivity index (χ1n) is 8.08. The average Bonchev–Trinajstić information content (AvgIpc) is 3.34. The van der Waals surface area contributed by atoms with Crippen LogP contribution in [-0.2, 0) is 6.61 Å². The Morgan fingerprint density at radius 1 is 1.32 bits per heavy atom. The second kappa shape index (κ2) is 6.99. The summed E-state index contributed by atoms with van der Waals surface area (Å²) in [7, 11) is 0. The van der Waals surface area contributed by atoms with E-state index < -0.39 is 0 Å². The molecular weight excluding hydrogens is 354 g/mol. The van der Waals surface area contributed by atoms with Gasteiger partial charge in [-0.15, -0.1) is 11.3 Å². The monoisotopic (exact) mass is 371 g/mol. The first-order chi connectivity index (χ1) is 12.2. The molecule has 25 heavy (non-hydrogen) atoms. The average molecular weight is 371 g/mol. The quantitative estimate of drug-likeness (QED) is 0.595. The van der Waals surface area contributed by atoms with E-state index in [0.29, 0.717) is 16.6 Å². The van der Waals surface area contributed by atoms with Crippen LogP contribution in [-0.4, -0.2) is 31.7 Å². The summed E-state index contributed by atoms with van der Waals surface area (Å²) in [5, 5.41) is 18.1. The van der Waals surface area contributed by atoms with Gasteiger partial charge in [-0.1, -0.05) is 0 Å². The number of hydrogen-bond acceptors (Lipinski definition) is 6. The maximum atomic E-state index is 9.21. The third kappa shape index (κ3) is 3.92. The van der Waals surface area contributed by atoms with Gasteiger partial charge in [-0.05, 0) is 49.2 Å². The Labute approximate surface area is 154 Å². The molecule has 8 heteroatoms. The first kappa shape index (κ1) is 16.3. The number of aliphatic hydroxyl groups excluding tert-OH is 1. The predicted molar refractivity (Wildman–Crippen MR) is 104 cm³/mol. The minimum absolute atomic E-state index is 0.0310. The van der Waals surface area contributed by atoms with Gasteiger partial charge < -0.3 is 15.7 Å². The van der Waals surface area contributed by atoms with Crippen molar-refractivity contribution >= 4 is 45.6 Å². The van der Waals surface area contributed by atoms with Gasteiger partial charge in [0.1, 0.15) is 11.3 Å². The van der Waals surface area contributed by atoms with Crippen molar-refractivity contribution in [3.63, 3.8) is 0 Å². The molecule has 0 aromatic carbocycles. The fourth-order valence-electron chi connectivity index (χ4n) is 2.42. The molecule has 0 saturated heterocycles. The van der Waals surface area contributed by atoms with Gasteiger partial charge in [0.2, 0.25) is 0 Å². The third-order valence-corrected chi connectivity index (χ3v) is 5.17. The molecule has 0 radical (unpaired) electrons. The van der Waals surface area contributed by atoms with Crippen molar-refractivity contribution in [3.8, 4) is 11.3 Å². The van der Waals surface area contributed by atoms with E-state index in [1.54, 1.807) is 6.20 Å². The SMILES string of the molecule is OCc1cc(-c2cnc3ccc(NC(=S)NCC4CC4)nc3n2)cs1. The van der Waals surface area contributed by atoms with Crippen molar-refractivity contribution in [1.29, 1.82) is 0 Å². The molecule has 3 aromatic rings. The molecule has 3 heterocycles. The molecule has 1 saturated carbocycles. The highest BCUT2D eigenvalue weighted by Crippen LogP contribution is 2.27. The number of fused-ring (bicyclic) bond motifs is 1. The second-order valence-corrected chi connectivity index (χ2v) is 7.44. The van der Waals surface area contributed by atoms with Crippen LogP contribution < -0.4 is 10.6 Å². The van der Waals surface area contributed by atoms with Crippen LogP contribution in [0.25, 0.3) is 22.4 Å². The number of aromatic nitrogens is 3. The summed E-state index contributed by atoms with van der Waals surface area (Å²) in [5.74, 6) is 1.40. The summed E-state index contributed by atoms with van der Waals surface area (Å²) in [6.07, 6.45) is 4.29. The van der Waals surface area contributed by atoms with Gasteiger partial charge in [0.25, 0.3) is 0 Å². The number of pyridine rings is 1. The number of aliphatic hydroxyl groups is 1. The molecule has 0 spiro atoms. The number of anilines is 1. The smallest absolute Gasteiger partial charge is 0.180 e. The lowest BCUT2D eigenvalue weighted by Gasteiger charge is -2.09. The predicted octanol–water partition coefficient (Wildman–Crippen LogP) is 2.94. The summed E-state index contributed by atoms with van der Waals surface area (Å²) in [6, 6.07) is 5.63. The van der Waals surface area contributed by atoms with Gasteiger partial charge in [0.05, 0.1) is 18.5 Å². The second-order valence-electron chi connectivity index (χ2n) is 6.03. The molecule has 3 aromatic heterocycles. The Balaban J connectivity index is 1.54. The molecule has 0 aliphatic heterocycles. The van der Waals surface area contributed by atoms with Gasteiger partial charge in [-0.3, -0.25) is 4.98 Å². The molecule has 1 aliphatic rings. The number of nitrogens with zero attached hydrogens (tertiary/aromatic N) is 3. The van der Waals surface area contributed by atoms with Crippen molar-refractivity contribution in [1.82, 2.24) is 20.3 Å². The van der Waals surface area contributed by atoms with Crippen molar-refractivity contribution in [3.05, 3.63) is 34.7 Å². The van der Waals surface area contributed by atoms with E-state index in [0.717, 1.165) is 34.1 Å². The van der Waals surface area contributed by atoms with Crippen LogP contribution in [0.3, 0.4) is 0 Å². The molecule has 128 valence electrons. The van der Waals surface area contributed by atoms with Crippen LogP contribution in [0.4, 0.5) is 5.82 Å². The molecule has 4 rings (SSSR count). The van der Waals surface area contributed by atoms with E-state index in [2.05, 4.69) is 25.6 Å². The van der Waals surface area contributed by atoms with E-state index in [9.17, 15) is 5.11 Å². The number of hydrogen-bond donors (Lipinski definition) is 3. The van der Waals surface area contributed by atoms with Crippen LogP contribution in [0, 0.1) is 5.92 Å². The zero-order valence-electron chi connectivity index (χ0n) is 13.4. The Morgan fingerprint density at radius 2 is 2.20 bits per heavy atom. The number of rotatable bonds is 5. The number of thiocarbonyl (C=S) groups is 1. The van der Waals surface area contributed by atoms with E-state index in [-0.39, 0.29) is 6.61 Å². The van der Waals surface area contributed by atoms with Crippen molar-refractivity contribution < 1.29 is 5.11 Å². The minimum Gasteiger partial charge on any atom is -0.391 e. The van der Waals surface area contributed by atoms with Gasteiger partial charge in [-0.25, -0.2) is 9.97 Å². The molecule has 0 bridgehead atoms. The van der Waals surface area contributed by atoms with Crippen LogP contribution in [0.1, 0.15) is 17.7 Å². The molecule has 6 nitrogen and oxygen atoms in total. The van der Waals surface area contributed by atoms with Gasteiger partial charge in [0.15, 0.2) is 10.8 Å². The summed E-state index contributed by atoms with van der Waals surface area (Å²) in [4.78, 5) is 14.4. The highest BCUT2D eigenvalue weighted by atomic mass is 32.1. The Hall–Kier alpha value is -2.16. The van der Waals surface area contributed by atoms with Crippen LogP contribution in [0.15, 0.2) is 29.8 Å². The minimum atomic E-state index is 0.0310. The standard InChI is InChI=1S/C17H17N5OS2/c23-8-12-5-11(9-25-12)14-7-18-13-3-4-15(21-16(13)20-14)22-17(24)19-6-10-1-2-10/h3-5,7,9-10,23H,1-2,6,8H2,(H2,19,20,21,22,24). The zero-order chi connectivity index (χ0) is 17.2. The van der Waals surface area contributed by atoms with Gasteiger partial charge in [0, 0.05) is 22.4 Å². The molecule has 0 amide bonds. The molecule has 0 unspecified atom stereocenters. The Kier molecular flexibility index (Phi) is 4.56. The maximum absolute atomic E-state index is 9.21. The van der Waals surface area contributed by atoms with Gasteiger partial charge >= 0.3 is 0 Å². The fourth-order valence-corrected chi connectivity index (χ4v) is 3.35. The lowest BCUT2D eigenvalue weighted by atomic mass is 10.2. The summed E-state index contributed by atoms with van der Waals surface area (Å²) in [6.45, 7) is 0.942. The normalized spacial score (nSPS) is 13.8. The Morgan fingerprint density at radius 3 is 2.96 bits per heavy atom. The molecule has 3 N–H and O–H groups in total. The largest absolute Gasteiger partial charge is 0.391 e. The van der Waals surface area contributed by atoms with E-state index in [4.69, 9.17) is 12.2 Å². The Bertz CT molecular complexity index is 922. The molecule has 1 aliphatic carbocycles.